The van der Waals surface area contributed by atoms with Crippen molar-refractivity contribution in [3.8, 4) is 6.07 Å². The molecule has 6 nitrogen and oxygen atoms in total. The average Bonchev–Trinajstić information content (AvgIpc) is 2.94. The van der Waals surface area contributed by atoms with Crippen LogP contribution in [0.1, 0.15) is 11.4 Å². The molecule has 0 saturated carbocycles. The van der Waals surface area contributed by atoms with E-state index < -0.39 is 5.82 Å². The first-order chi connectivity index (χ1) is 9.54. The minimum absolute atomic E-state index is 0.159. The van der Waals surface area contributed by atoms with Crippen LogP contribution in [0.15, 0.2) is 21.2 Å². The van der Waals surface area contributed by atoms with Crippen molar-refractivity contribution in [2.45, 2.75) is 6.92 Å². The van der Waals surface area contributed by atoms with E-state index in [2.05, 4.69) is 57.8 Å². The molecule has 0 fully saturated rings. The number of tetrazole rings is 1. The van der Waals surface area contributed by atoms with Crippen molar-refractivity contribution in [3.63, 3.8) is 0 Å². The van der Waals surface area contributed by atoms with Crippen molar-refractivity contribution < 1.29 is 4.39 Å². The molecule has 2 aromatic rings. The Labute approximate surface area is 130 Å². The van der Waals surface area contributed by atoms with Crippen LogP contribution in [0.5, 0.6) is 0 Å². The molecule has 2 rings (SSSR count). The third kappa shape index (κ3) is 2.86. The number of aryl methyl sites for hydroxylation is 1. The fourth-order valence-electron chi connectivity index (χ4n) is 1.46. The van der Waals surface area contributed by atoms with Gasteiger partial charge in [-0.3, -0.25) is 0 Å². The Morgan fingerprint density at radius 1 is 1.55 bits per heavy atom. The van der Waals surface area contributed by atoms with Crippen LogP contribution in [0.2, 0.25) is 0 Å². The van der Waals surface area contributed by atoms with Crippen LogP contribution in [0.4, 0.5) is 10.1 Å². The molecule has 0 bridgehead atoms. The van der Waals surface area contributed by atoms with E-state index in [0.717, 1.165) is 5.56 Å². The number of nitrogens with one attached hydrogen (secondary N) is 2. The molecule has 0 atom stereocenters. The first kappa shape index (κ1) is 14.6. The minimum Gasteiger partial charge on any atom is -0.359 e. The van der Waals surface area contributed by atoms with E-state index in [-0.39, 0.29) is 15.9 Å². The summed E-state index contributed by atoms with van der Waals surface area (Å²) in [5.41, 5.74) is 1.49. The second-order valence-corrected chi connectivity index (χ2v) is 5.38. The molecule has 1 aromatic carbocycles. The van der Waals surface area contributed by atoms with E-state index in [1.807, 2.05) is 13.0 Å². The SMILES string of the molecule is Cc1cc(Br)c(F)c(Br)c1NC=C(C#N)c1nn[nH]n1. The van der Waals surface area contributed by atoms with Crippen LogP contribution in [0.25, 0.3) is 5.57 Å². The first-order valence-electron chi connectivity index (χ1n) is 5.29. The fraction of sp³-hybridized carbons (Fsp3) is 0.0909. The van der Waals surface area contributed by atoms with Crippen LogP contribution in [0.3, 0.4) is 0 Å². The zero-order valence-electron chi connectivity index (χ0n) is 10.1. The zero-order chi connectivity index (χ0) is 14.7. The van der Waals surface area contributed by atoms with Crippen molar-refractivity contribution in [1.29, 1.82) is 5.26 Å². The first-order valence-corrected chi connectivity index (χ1v) is 6.88. The lowest BCUT2D eigenvalue weighted by Crippen LogP contribution is -1.98. The number of halogens is 3. The zero-order valence-corrected chi connectivity index (χ0v) is 13.2. The topological polar surface area (TPSA) is 90.3 Å². The summed E-state index contributed by atoms with van der Waals surface area (Å²) in [6, 6.07) is 3.57. The highest BCUT2D eigenvalue weighted by Crippen LogP contribution is 2.34. The van der Waals surface area contributed by atoms with Gasteiger partial charge in [-0.1, -0.05) is 0 Å². The smallest absolute Gasteiger partial charge is 0.216 e. The predicted octanol–water partition coefficient (Wildman–Crippen LogP) is 3.15. The maximum atomic E-state index is 13.8. The Morgan fingerprint density at radius 3 is 2.90 bits per heavy atom. The maximum absolute atomic E-state index is 13.8. The van der Waals surface area contributed by atoms with Crippen molar-refractivity contribution in [3.05, 3.63) is 38.4 Å². The number of H-pyrrole nitrogens is 1. The summed E-state index contributed by atoms with van der Waals surface area (Å²) in [4.78, 5) is 0. The number of aromatic nitrogens is 4. The molecule has 0 aliphatic heterocycles. The summed E-state index contributed by atoms with van der Waals surface area (Å²) < 4.78 is 14.4. The van der Waals surface area contributed by atoms with Gasteiger partial charge in [0.25, 0.3) is 0 Å². The molecule has 9 heteroatoms. The normalized spacial score (nSPS) is 11.2. The number of nitriles is 1. The molecule has 1 heterocycles. The molecule has 0 aliphatic rings. The second-order valence-electron chi connectivity index (χ2n) is 3.73. The highest BCUT2D eigenvalue weighted by molar-refractivity contribution is 9.11. The van der Waals surface area contributed by atoms with E-state index in [9.17, 15) is 4.39 Å². The molecular weight excluding hydrogens is 395 g/mol. The third-order valence-corrected chi connectivity index (χ3v) is 3.75. The number of hydrogen-bond acceptors (Lipinski definition) is 5. The summed E-state index contributed by atoms with van der Waals surface area (Å²) in [6.07, 6.45) is 1.39. The lowest BCUT2D eigenvalue weighted by Gasteiger charge is -2.10. The van der Waals surface area contributed by atoms with Crippen LogP contribution in [-0.2, 0) is 0 Å². The van der Waals surface area contributed by atoms with Crippen molar-refractivity contribution in [1.82, 2.24) is 20.6 Å². The van der Waals surface area contributed by atoms with Crippen LogP contribution < -0.4 is 5.32 Å². The van der Waals surface area contributed by atoms with E-state index >= 15 is 0 Å². The van der Waals surface area contributed by atoms with Gasteiger partial charge in [0.1, 0.15) is 11.6 Å². The number of rotatable bonds is 3. The standard InChI is InChI=1S/C11H7Br2FN6/c1-5-2-7(12)9(14)8(13)10(5)16-4-6(3-15)11-17-19-20-18-11/h2,4,16H,1H3,(H,17,18,19,20). The summed E-state index contributed by atoms with van der Waals surface area (Å²) in [5.74, 6) is -0.268. The number of hydrogen-bond donors (Lipinski definition) is 2. The summed E-state index contributed by atoms with van der Waals surface area (Å²) in [5, 5.41) is 25.0. The van der Waals surface area contributed by atoms with E-state index in [1.165, 1.54) is 6.20 Å². The molecule has 0 saturated heterocycles. The quantitative estimate of drug-likeness (QED) is 0.609. The number of benzene rings is 1. The van der Waals surface area contributed by atoms with Gasteiger partial charge in [0.15, 0.2) is 5.82 Å². The maximum Gasteiger partial charge on any atom is 0.216 e. The van der Waals surface area contributed by atoms with Gasteiger partial charge in [-0.25, -0.2) is 4.39 Å². The summed E-state index contributed by atoms with van der Waals surface area (Å²) in [7, 11) is 0. The number of anilines is 1. The van der Waals surface area contributed by atoms with Gasteiger partial charge < -0.3 is 5.32 Å². The Balaban J connectivity index is 2.36. The molecule has 0 spiro atoms. The summed E-state index contributed by atoms with van der Waals surface area (Å²) >= 11 is 6.30. The van der Waals surface area contributed by atoms with Crippen LogP contribution >= 0.6 is 31.9 Å². The van der Waals surface area contributed by atoms with Gasteiger partial charge in [0, 0.05) is 6.20 Å². The van der Waals surface area contributed by atoms with Crippen molar-refractivity contribution in [2.75, 3.05) is 5.32 Å². The highest BCUT2D eigenvalue weighted by Gasteiger charge is 2.13. The summed E-state index contributed by atoms with van der Waals surface area (Å²) in [6.45, 7) is 1.81. The third-order valence-electron chi connectivity index (χ3n) is 2.43. The van der Waals surface area contributed by atoms with Gasteiger partial charge in [0.05, 0.1) is 14.6 Å². The van der Waals surface area contributed by atoms with Gasteiger partial charge in [-0.05, 0) is 55.6 Å². The molecular formula is C11H7Br2FN6. The lowest BCUT2D eigenvalue weighted by molar-refractivity contribution is 0.614. The van der Waals surface area contributed by atoms with Crippen molar-refractivity contribution in [2.24, 2.45) is 0 Å². The van der Waals surface area contributed by atoms with Gasteiger partial charge in [0.2, 0.25) is 5.82 Å². The predicted molar refractivity (Wildman–Crippen MR) is 77.9 cm³/mol. The van der Waals surface area contributed by atoms with Gasteiger partial charge >= 0.3 is 0 Å². The molecule has 102 valence electrons. The Hall–Kier alpha value is -1.79. The van der Waals surface area contributed by atoms with Crippen molar-refractivity contribution >= 4 is 43.1 Å². The highest BCUT2D eigenvalue weighted by atomic mass is 79.9. The molecule has 0 radical (unpaired) electrons. The Bertz CT molecular complexity index is 705. The monoisotopic (exact) mass is 400 g/mol. The average molecular weight is 402 g/mol. The number of nitrogens with zero attached hydrogens (tertiary/aromatic N) is 4. The number of aromatic amines is 1. The fourth-order valence-corrected chi connectivity index (χ4v) is 2.91. The minimum atomic E-state index is -0.426. The Morgan fingerprint density at radius 2 is 2.30 bits per heavy atom. The molecule has 1 aromatic heterocycles. The van der Waals surface area contributed by atoms with Crippen LogP contribution in [0, 0.1) is 24.1 Å². The van der Waals surface area contributed by atoms with Gasteiger partial charge in [-0.15, -0.1) is 10.2 Å². The lowest BCUT2D eigenvalue weighted by atomic mass is 10.2. The largest absolute Gasteiger partial charge is 0.359 e. The van der Waals surface area contributed by atoms with Gasteiger partial charge in [-0.2, -0.15) is 10.5 Å². The molecule has 0 aliphatic carbocycles. The van der Waals surface area contributed by atoms with E-state index in [0.29, 0.717) is 10.2 Å². The molecule has 2 N–H and O–H groups in total. The van der Waals surface area contributed by atoms with Crippen LogP contribution in [-0.4, -0.2) is 20.6 Å². The van der Waals surface area contributed by atoms with E-state index in [4.69, 9.17) is 5.26 Å². The number of allylic oxidation sites excluding steroid dienone is 1. The molecule has 20 heavy (non-hydrogen) atoms. The second kappa shape index (κ2) is 6.11. The molecule has 0 unspecified atom stereocenters. The molecule has 0 amide bonds. The van der Waals surface area contributed by atoms with E-state index in [1.54, 1.807) is 6.07 Å². The Kier molecular flexibility index (Phi) is 4.46.